The van der Waals surface area contributed by atoms with Gasteiger partial charge in [0.05, 0.1) is 11.9 Å². The minimum atomic E-state index is -2.95. The molecule has 0 saturated carbocycles. The number of sulfone groups is 1. The SMILES string of the molecule is CC(C)NC(CCCS(C)(=O)=O)c1ccc(F)cn1. The first-order valence-corrected chi connectivity index (χ1v) is 8.39. The highest BCUT2D eigenvalue weighted by molar-refractivity contribution is 7.90. The maximum absolute atomic E-state index is 12.9. The van der Waals surface area contributed by atoms with Gasteiger partial charge in [0.25, 0.3) is 0 Å². The number of hydrogen-bond donors (Lipinski definition) is 1. The van der Waals surface area contributed by atoms with Gasteiger partial charge in [0.1, 0.15) is 15.7 Å². The van der Waals surface area contributed by atoms with E-state index >= 15 is 0 Å². The van der Waals surface area contributed by atoms with Crippen LogP contribution in [0.3, 0.4) is 0 Å². The third kappa shape index (κ3) is 6.63. The Bertz CT molecular complexity index is 486. The van der Waals surface area contributed by atoms with Gasteiger partial charge in [0.15, 0.2) is 0 Å². The number of halogens is 1. The number of aromatic nitrogens is 1. The summed E-state index contributed by atoms with van der Waals surface area (Å²) in [6.45, 7) is 4.01. The lowest BCUT2D eigenvalue weighted by molar-refractivity contribution is 0.439. The highest BCUT2D eigenvalue weighted by Gasteiger charge is 2.15. The lowest BCUT2D eigenvalue weighted by atomic mass is 10.1. The Morgan fingerprint density at radius 3 is 2.53 bits per heavy atom. The Morgan fingerprint density at radius 2 is 2.05 bits per heavy atom. The Hall–Kier alpha value is -1.01. The van der Waals surface area contributed by atoms with Gasteiger partial charge in [-0.1, -0.05) is 13.8 Å². The molecule has 1 N–H and O–H groups in total. The van der Waals surface area contributed by atoms with Gasteiger partial charge in [0.2, 0.25) is 0 Å². The summed E-state index contributed by atoms with van der Waals surface area (Å²) in [6, 6.07) is 3.20. The van der Waals surface area contributed by atoms with Crippen molar-refractivity contribution in [2.24, 2.45) is 0 Å². The lowest BCUT2D eigenvalue weighted by Crippen LogP contribution is -2.29. The zero-order chi connectivity index (χ0) is 14.5. The van der Waals surface area contributed by atoms with Gasteiger partial charge in [-0.15, -0.1) is 0 Å². The molecule has 0 fully saturated rings. The smallest absolute Gasteiger partial charge is 0.147 e. The van der Waals surface area contributed by atoms with Gasteiger partial charge >= 0.3 is 0 Å². The molecule has 0 radical (unpaired) electrons. The van der Waals surface area contributed by atoms with E-state index in [0.29, 0.717) is 12.8 Å². The van der Waals surface area contributed by atoms with Crippen molar-refractivity contribution < 1.29 is 12.8 Å². The summed E-state index contributed by atoms with van der Waals surface area (Å²) in [5.74, 6) is -0.215. The van der Waals surface area contributed by atoms with Crippen LogP contribution in [0.2, 0.25) is 0 Å². The van der Waals surface area contributed by atoms with E-state index in [9.17, 15) is 12.8 Å². The summed E-state index contributed by atoms with van der Waals surface area (Å²) in [5, 5.41) is 3.32. The summed E-state index contributed by atoms with van der Waals surface area (Å²) in [7, 11) is -2.95. The maximum Gasteiger partial charge on any atom is 0.147 e. The number of pyridine rings is 1. The van der Waals surface area contributed by atoms with Crippen molar-refractivity contribution >= 4 is 9.84 Å². The van der Waals surface area contributed by atoms with Crippen LogP contribution in [0.4, 0.5) is 4.39 Å². The molecule has 0 bridgehead atoms. The number of hydrogen-bond acceptors (Lipinski definition) is 4. The number of rotatable bonds is 7. The molecule has 1 atom stereocenters. The van der Waals surface area contributed by atoms with Crippen molar-refractivity contribution in [3.63, 3.8) is 0 Å². The average Bonchev–Trinajstić information content (AvgIpc) is 2.26. The highest BCUT2D eigenvalue weighted by atomic mass is 32.2. The fourth-order valence-corrected chi connectivity index (χ4v) is 2.55. The zero-order valence-corrected chi connectivity index (χ0v) is 12.4. The topological polar surface area (TPSA) is 59.1 Å². The molecular weight excluding hydrogens is 267 g/mol. The molecule has 1 unspecified atom stereocenters. The Morgan fingerprint density at radius 1 is 1.37 bits per heavy atom. The first kappa shape index (κ1) is 16.0. The van der Waals surface area contributed by atoms with Gasteiger partial charge in [-0.2, -0.15) is 0 Å². The van der Waals surface area contributed by atoms with Crippen molar-refractivity contribution in [1.82, 2.24) is 10.3 Å². The van der Waals surface area contributed by atoms with Crippen molar-refractivity contribution in [2.75, 3.05) is 12.0 Å². The normalized spacial score (nSPS) is 13.7. The predicted molar refractivity (Wildman–Crippen MR) is 74.2 cm³/mol. The second-order valence-corrected chi connectivity index (χ2v) is 7.31. The summed E-state index contributed by atoms with van der Waals surface area (Å²) < 4.78 is 35.1. The largest absolute Gasteiger partial charge is 0.306 e. The van der Waals surface area contributed by atoms with Crippen LogP contribution in [0.25, 0.3) is 0 Å². The van der Waals surface area contributed by atoms with E-state index in [4.69, 9.17) is 0 Å². The van der Waals surface area contributed by atoms with Crippen LogP contribution in [0.1, 0.15) is 38.4 Å². The van der Waals surface area contributed by atoms with Gasteiger partial charge in [0, 0.05) is 24.1 Å². The van der Waals surface area contributed by atoms with Crippen LogP contribution in [-0.2, 0) is 9.84 Å². The number of nitrogens with zero attached hydrogens (tertiary/aromatic N) is 1. The van der Waals surface area contributed by atoms with Crippen LogP contribution >= 0.6 is 0 Å². The Labute approximate surface area is 114 Å². The molecule has 0 amide bonds. The monoisotopic (exact) mass is 288 g/mol. The van der Waals surface area contributed by atoms with Crippen LogP contribution < -0.4 is 5.32 Å². The van der Waals surface area contributed by atoms with Gasteiger partial charge in [-0.3, -0.25) is 4.98 Å². The maximum atomic E-state index is 12.9. The fraction of sp³-hybridized carbons (Fsp3) is 0.615. The molecule has 0 saturated heterocycles. The van der Waals surface area contributed by atoms with E-state index in [1.54, 1.807) is 6.07 Å². The molecule has 0 spiro atoms. The number of nitrogens with one attached hydrogen (secondary N) is 1. The molecule has 1 heterocycles. The van der Waals surface area contributed by atoms with Gasteiger partial charge in [-0.05, 0) is 25.0 Å². The van der Waals surface area contributed by atoms with E-state index < -0.39 is 9.84 Å². The molecule has 1 rings (SSSR count). The third-order valence-electron chi connectivity index (χ3n) is 2.65. The Balaban J connectivity index is 2.69. The first-order chi connectivity index (χ1) is 8.78. The summed E-state index contributed by atoms with van der Waals surface area (Å²) >= 11 is 0. The van der Waals surface area contributed by atoms with Crippen molar-refractivity contribution in [3.8, 4) is 0 Å². The van der Waals surface area contributed by atoms with Crippen LogP contribution in [0.5, 0.6) is 0 Å². The average molecular weight is 288 g/mol. The lowest BCUT2D eigenvalue weighted by Gasteiger charge is -2.20. The predicted octanol–water partition coefficient (Wildman–Crippen LogP) is 2.08. The minimum absolute atomic E-state index is 0.0534. The minimum Gasteiger partial charge on any atom is -0.306 e. The molecule has 108 valence electrons. The summed E-state index contributed by atoms with van der Waals surface area (Å²) in [4.78, 5) is 4.06. The summed E-state index contributed by atoms with van der Waals surface area (Å²) in [5.41, 5.74) is 0.739. The molecule has 19 heavy (non-hydrogen) atoms. The van der Waals surface area contributed by atoms with E-state index in [1.807, 2.05) is 13.8 Å². The van der Waals surface area contributed by atoms with Crippen LogP contribution in [0, 0.1) is 5.82 Å². The second-order valence-electron chi connectivity index (χ2n) is 5.05. The molecule has 4 nitrogen and oxygen atoms in total. The molecule has 0 aliphatic heterocycles. The fourth-order valence-electron chi connectivity index (χ4n) is 1.86. The molecule has 0 aromatic carbocycles. The van der Waals surface area contributed by atoms with Crippen molar-refractivity contribution in [1.29, 1.82) is 0 Å². The van der Waals surface area contributed by atoms with E-state index in [0.717, 1.165) is 5.69 Å². The van der Waals surface area contributed by atoms with Crippen molar-refractivity contribution in [3.05, 3.63) is 29.8 Å². The third-order valence-corrected chi connectivity index (χ3v) is 3.68. The van der Waals surface area contributed by atoms with E-state index in [-0.39, 0.29) is 23.7 Å². The molecular formula is C13H21FN2O2S. The zero-order valence-electron chi connectivity index (χ0n) is 11.6. The molecule has 0 aliphatic carbocycles. The van der Waals surface area contributed by atoms with Gasteiger partial charge in [-0.25, -0.2) is 12.8 Å². The van der Waals surface area contributed by atoms with E-state index in [2.05, 4.69) is 10.3 Å². The molecule has 1 aromatic rings. The molecule has 6 heteroatoms. The summed E-state index contributed by atoms with van der Waals surface area (Å²) in [6.07, 6.45) is 3.63. The van der Waals surface area contributed by atoms with Crippen molar-refractivity contribution in [2.45, 2.75) is 38.8 Å². The quantitative estimate of drug-likeness (QED) is 0.834. The second kappa shape index (κ2) is 6.96. The van der Waals surface area contributed by atoms with Crippen LogP contribution in [-0.4, -0.2) is 31.5 Å². The van der Waals surface area contributed by atoms with E-state index in [1.165, 1.54) is 18.5 Å². The molecule has 1 aromatic heterocycles. The van der Waals surface area contributed by atoms with Crippen LogP contribution in [0.15, 0.2) is 18.3 Å². The van der Waals surface area contributed by atoms with Gasteiger partial charge < -0.3 is 5.32 Å². The Kier molecular flexibility index (Phi) is 5.87. The standard InChI is InChI=1S/C13H21FN2O2S/c1-10(2)16-13(5-4-8-19(3,17)18)12-7-6-11(14)9-15-12/h6-7,9-10,13,16H,4-5,8H2,1-3H3. The molecule has 0 aliphatic rings. The first-order valence-electron chi connectivity index (χ1n) is 6.33. The highest BCUT2D eigenvalue weighted by Crippen LogP contribution is 2.18.